The molecular weight excluding hydrogens is 242 g/mol. The Morgan fingerprint density at radius 3 is 2.74 bits per heavy atom. The summed E-state index contributed by atoms with van der Waals surface area (Å²) in [5, 5.41) is 3.29. The first-order valence-corrected chi connectivity index (χ1v) is 7.02. The molecule has 104 valence electrons. The van der Waals surface area contributed by atoms with E-state index in [0.29, 0.717) is 6.61 Å². The second kappa shape index (κ2) is 7.07. The van der Waals surface area contributed by atoms with E-state index < -0.39 is 5.97 Å². The molecule has 1 aliphatic carbocycles. The van der Waals surface area contributed by atoms with Crippen LogP contribution in [0.15, 0.2) is 12.4 Å². The van der Waals surface area contributed by atoms with Gasteiger partial charge < -0.3 is 10.1 Å². The quantitative estimate of drug-likeness (QED) is 0.827. The number of rotatable bonds is 5. The maximum absolute atomic E-state index is 11.4. The highest BCUT2D eigenvalue weighted by atomic mass is 16.5. The van der Waals surface area contributed by atoms with E-state index in [1.807, 2.05) is 0 Å². The van der Waals surface area contributed by atoms with Gasteiger partial charge in [-0.05, 0) is 25.7 Å². The summed E-state index contributed by atoms with van der Waals surface area (Å²) in [7, 11) is 0. The third-order valence-corrected chi connectivity index (χ3v) is 3.43. The lowest BCUT2D eigenvalue weighted by Crippen LogP contribution is -2.18. The summed E-state index contributed by atoms with van der Waals surface area (Å²) in [6.45, 7) is 3.06. The smallest absolute Gasteiger partial charge is 0.358 e. The van der Waals surface area contributed by atoms with Crippen LogP contribution in [-0.4, -0.2) is 29.1 Å². The molecular formula is C14H21N3O2. The topological polar surface area (TPSA) is 64.1 Å². The van der Waals surface area contributed by atoms with Crippen LogP contribution in [0.25, 0.3) is 0 Å². The summed E-state index contributed by atoms with van der Waals surface area (Å²) in [5.41, 5.74) is 0.255. The van der Waals surface area contributed by atoms with E-state index in [9.17, 15) is 4.79 Å². The lowest BCUT2D eigenvalue weighted by atomic mass is 9.89. The predicted octanol–water partition coefficient (Wildman–Crippen LogP) is 2.65. The number of hydrogen-bond donors (Lipinski definition) is 1. The third kappa shape index (κ3) is 4.19. The normalized spacial score (nSPS) is 16.1. The van der Waals surface area contributed by atoms with Gasteiger partial charge in [-0.15, -0.1) is 0 Å². The van der Waals surface area contributed by atoms with E-state index in [2.05, 4.69) is 15.3 Å². The van der Waals surface area contributed by atoms with Gasteiger partial charge in [-0.1, -0.05) is 19.3 Å². The van der Waals surface area contributed by atoms with Gasteiger partial charge in [0.05, 0.1) is 19.0 Å². The van der Waals surface area contributed by atoms with E-state index >= 15 is 0 Å². The summed E-state index contributed by atoms with van der Waals surface area (Å²) in [6.07, 6.45) is 9.67. The molecule has 2 rings (SSSR count). The fourth-order valence-corrected chi connectivity index (χ4v) is 2.37. The van der Waals surface area contributed by atoms with Gasteiger partial charge in [0.1, 0.15) is 5.82 Å². The van der Waals surface area contributed by atoms with Crippen LogP contribution >= 0.6 is 0 Å². The Morgan fingerprint density at radius 2 is 2.11 bits per heavy atom. The molecule has 1 N–H and O–H groups in total. The first-order chi connectivity index (χ1) is 9.29. The van der Waals surface area contributed by atoms with E-state index in [1.165, 1.54) is 38.3 Å². The highest BCUT2D eigenvalue weighted by molar-refractivity contribution is 5.86. The third-order valence-electron chi connectivity index (χ3n) is 3.43. The number of hydrogen-bond acceptors (Lipinski definition) is 5. The Bertz CT molecular complexity index is 400. The van der Waals surface area contributed by atoms with Crippen molar-refractivity contribution in [3.63, 3.8) is 0 Å². The Morgan fingerprint density at radius 1 is 1.32 bits per heavy atom. The van der Waals surface area contributed by atoms with E-state index in [0.717, 1.165) is 18.3 Å². The van der Waals surface area contributed by atoms with E-state index in [4.69, 9.17) is 4.74 Å². The van der Waals surface area contributed by atoms with Crippen LogP contribution in [0.5, 0.6) is 0 Å². The molecule has 1 saturated carbocycles. The number of nitrogens with zero attached hydrogens (tertiary/aromatic N) is 2. The van der Waals surface area contributed by atoms with Crippen molar-refractivity contribution < 1.29 is 9.53 Å². The molecule has 1 aliphatic rings. The zero-order valence-electron chi connectivity index (χ0n) is 11.4. The van der Waals surface area contributed by atoms with Crippen molar-refractivity contribution in [1.82, 2.24) is 9.97 Å². The van der Waals surface area contributed by atoms with Crippen molar-refractivity contribution in [2.75, 3.05) is 18.5 Å². The minimum Gasteiger partial charge on any atom is -0.461 e. The molecule has 5 nitrogen and oxygen atoms in total. The van der Waals surface area contributed by atoms with Crippen LogP contribution < -0.4 is 5.32 Å². The van der Waals surface area contributed by atoms with Gasteiger partial charge >= 0.3 is 5.97 Å². The molecule has 0 unspecified atom stereocenters. The number of anilines is 1. The monoisotopic (exact) mass is 263 g/mol. The highest BCUT2D eigenvalue weighted by Crippen LogP contribution is 2.23. The van der Waals surface area contributed by atoms with Gasteiger partial charge in [-0.2, -0.15) is 0 Å². The van der Waals surface area contributed by atoms with Crippen LogP contribution in [-0.2, 0) is 4.74 Å². The van der Waals surface area contributed by atoms with Gasteiger partial charge in [-0.3, -0.25) is 0 Å². The Balaban J connectivity index is 1.82. The molecule has 0 bridgehead atoms. The molecule has 0 atom stereocenters. The van der Waals surface area contributed by atoms with Crippen molar-refractivity contribution in [1.29, 1.82) is 0 Å². The minimum atomic E-state index is -0.422. The molecule has 19 heavy (non-hydrogen) atoms. The highest BCUT2D eigenvalue weighted by Gasteiger charge is 2.13. The molecule has 0 aromatic carbocycles. The van der Waals surface area contributed by atoms with Crippen molar-refractivity contribution in [3.8, 4) is 0 Å². The van der Waals surface area contributed by atoms with Gasteiger partial charge in [0.15, 0.2) is 5.69 Å². The second-order valence-electron chi connectivity index (χ2n) is 4.89. The second-order valence-corrected chi connectivity index (χ2v) is 4.89. The van der Waals surface area contributed by atoms with Crippen LogP contribution in [0.1, 0.15) is 49.5 Å². The van der Waals surface area contributed by atoms with E-state index in [1.54, 1.807) is 13.1 Å². The summed E-state index contributed by atoms with van der Waals surface area (Å²) in [5.74, 6) is 1.03. The first kappa shape index (κ1) is 13.8. The maximum atomic E-state index is 11.4. The lowest BCUT2D eigenvalue weighted by molar-refractivity contribution is 0.0519. The molecule has 0 spiro atoms. The summed E-state index contributed by atoms with van der Waals surface area (Å²) in [6, 6.07) is 0. The van der Waals surface area contributed by atoms with Gasteiger partial charge in [-0.25, -0.2) is 14.8 Å². The number of nitrogens with one attached hydrogen (secondary N) is 1. The summed E-state index contributed by atoms with van der Waals surface area (Å²) < 4.78 is 4.86. The van der Waals surface area contributed by atoms with Crippen molar-refractivity contribution in [3.05, 3.63) is 18.1 Å². The van der Waals surface area contributed by atoms with Crippen LogP contribution in [0.4, 0.5) is 5.82 Å². The summed E-state index contributed by atoms with van der Waals surface area (Å²) in [4.78, 5) is 19.7. The number of aromatic nitrogens is 2. The Kier molecular flexibility index (Phi) is 5.12. The molecule has 0 radical (unpaired) electrons. The van der Waals surface area contributed by atoms with E-state index in [-0.39, 0.29) is 5.69 Å². The lowest BCUT2D eigenvalue weighted by Gasteiger charge is -2.21. The average Bonchev–Trinajstić information content (AvgIpc) is 2.47. The SMILES string of the molecule is CCOC(=O)c1cnc(NCC2CCCCC2)cn1. The van der Waals surface area contributed by atoms with Crippen LogP contribution in [0, 0.1) is 5.92 Å². The van der Waals surface area contributed by atoms with Gasteiger partial charge in [0.25, 0.3) is 0 Å². The maximum Gasteiger partial charge on any atom is 0.358 e. The number of carbonyl (C=O) groups excluding carboxylic acids is 1. The molecule has 0 amide bonds. The van der Waals surface area contributed by atoms with Gasteiger partial charge in [0.2, 0.25) is 0 Å². The zero-order valence-corrected chi connectivity index (χ0v) is 11.4. The minimum absolute atomic E-state index is 0.255. The molecule has 1 fully saturated rings. The molecule has 0 saturated heterocycles. The van der Waals surface area contributed by atoms with Crippen molar-refractivity contribution in [2.24, 2.45) is 5.92 Å². The first-order valence-electron chi connectivity index (χ1n) is 7.02. The van der Waals surface area contributed by atoms with Crippen molar-refractivity contribution in [2.45, 2.75) is 39.0 Å². The standard InChI is InChI=1S/C14H21N3O2/c1-2-19-14(18)12-9-17-13(10-15-12)16-8-11-6-4-3-5-7-11/h9-11H,2-8H2,1H3,(H,16,17). The van der Waals surface area contributed by atoms with Crippen molar-refractivity contribution >= 4 is 11.8 Å². The van der Waals surface area contributed by atoms with Crippen LogP contribution in [0.2, 0.25) is 0 Å². The molecule has 1 heterocycles. The molecule has 5 heteroatoms. The number of carbonyl (C=O) groups is 1. The fraction of sp³-hybridized carbons (Fsp3) is 0.643. The fourth-order valence-electron chi connectivity index (χ4n) is 2.37. The largest absolute Gasteiger partial charge is 0.461 e. The number of esters is 1. The Hall–Kier alpha value is -1.65. The Labute approximate surface area is 113 Å². The van der Waals surface area contributed by atoms with Crippen LogP contribution in [0.3, 0.4) is 0 Å². The molecule has 1 aromatic heterocycles. The molecule has 0 aliphatic heterocycles. The summed E-state index contributed by atoms with van der Waals surface area (Å²) >= 11 is 0. The van der Waals surface area contributed by atoms with Gasteiger partial charge in [0, 0.05) is 6.54 Å². The number of ether oxygens (including phenoxy) is 1. The molecule has 1 aromatic rings. The average molecular weight is 263 g/mol. The zero-order chi connectivity index (χ0) is 13.5. The predicted molar refractivity (Wildman–Crippen MR) is 73.1 cm³/mol.